The monoisotopic (exact) mass is 504 g/mol. The molecule has 1 saturated heterocycles. The topological polar surface area (TPSA) is 30.9 Å². The highest BCUT2D eigenvalue weighted by Crippen LogP contribution is 2.34. The highest BCUT2D eigenvalue weighted by atomic mass is 19.1. The van der Waals surface area contributed by atoms with Gasteiger partial charge in [0.1, 0.15) is 11.7 Å². The van der Waals surface area contributed by atoms with Gasteiger partial charge in [-0.1, -0.05) is 69.0 Å². The molecule has 2 aromatic rings. The third-order valence-electron chi connectivity index (χ3n) is 7.04. The van der Waals surface area contributed by atoms with Crippen molar-refractivity contribution in [3.8, 4) is 11.1 Å². The maximum atomic E-state index is 13.8. The van der Waals surface area contributed by atoms with Crippen LogP contribution >= 0.6 is 0 Å². The maximum Gasteiger partial charge on any atom is 0.122 e. The maximum absolute atomic E-state index is 13.8. The summed E-state index contributed by atoms with van der Waals surface area (Å²) < 4.78 is 13.8. The zero-order valence-corrected chi connectivity index (χ0v) is 23.8. The first kappa shape index (κ1) is 30.0. The number of halogens is 1. The Hall–Kier alpha value is -3.18. The summed E-state index contributed by atoms with van der Waals surface area (Å²) in [5.74, 6) is 0.464. The minimum absolute atomic E-state index is 0.343. The Morgan fingerprint density at radius 3 is 2.41 bits per heavy atom. The first-order valence-electron chi connectivity index (χ1n) is 13.3. The fourth-order valence-electron chi connectivity index (χ4n) is 5.19. The lowest BCUT2D eigenvalue weighted by atomic mass is 9.83. The minimum Gasteiger partial charge on any atom is -0.375 e. The van der Waals surface area contributed by atoms with Crippen LogP contribution in [0, 0.1) is 6.92 Å². The summed E-state index contributed by atoms with van der Waals surface area (Å²) in [7, 11) is 5.76. The van der Waals surface area contributed by atoms with Gasteiger partial charge in [0.25, 0.3) is 0 Å². The molecule has 1 aliphatic heterocycles. The predicted molar refractivity (Wildman–Crippen MR) is 159 cm³/mol. The fraction of sp³-hybridized carbons (Fsp3) is 0.406. The van der Waals surface area contributed by atoms with Crippen LogP contribution in [0.1, 0.15) is 44.7 Å². The summed E-state index contributed by atoms with van der Waals surface area (Å²) in [6.45, 7) is 14.3. The highest BCUT2D eigenvalue weighted by molar-refractivity contribution is 5.92. The van der Waals surface area contributed by atoms with Crippen molar-refractivity contribution in [2.75, 3.05) is 34.2 Å². The molecule has 4 nitrogen and oxygen atoms in total. The Kier molecular flexibility index (Phi) is 11.8. The van der Waals surface area contributed by atoms with E-state index >= 15 is 0 Å². The molecule has 5 heteroatoms. The van der Waals surface area contributed by atoms with E-state index in [4.69, 9.17) is 0 Å². The number of rotatable bonds is 8. The summed E-state index contributed by atoms with van der Waals surface area (Å²) in [6, 6.07) is 17.4. The number of allylic oxidation sites excluding steroid dienone is 4. The van der Waals surface area contributed by atoms with Gasteiger partial charge < -0.3 is 10.2 Å². The molecule has 1 aliphatic rings. The van der Waals surface area contributed by atoms with Crippen LogP contribution in [0.15, 0.2) is 89.9 Å². The number of piperidine rings is 1. The van der Waals surface area contributed by atoms with E-state index in [1.54, 1.807) is 0 Å². The molecular weight excluding hydrogens is 459 g/mol. The number of likely N-dealkylation sites (tertiary alicyclic amines) is 1. The molecule has 1 fully saturated rings. The molecule has 200 valence electrons. The van der Waals surface area contributed by atoms with Crippen LogP contribution in [0.4, 0.5) is 4.39 Å². The van der Waals surface area contributed by atoms with Crippen LogP contribution in [0.5, 0.6) is 0 Å². The van der Waals surface area contributed by atoms with Crippen molar-refractivity contribution < 1.29 is 4.39 Å². The van der Waals surface area contributed by atoms with Gasteiger partial charge in [-0.3, -0.25) is 9.89 Å². The van der Waals surface area contributed by atoms with E-state index in [0.29, 0.717) is 0 Å². The number of aliphatic imine (C=N–C) groups is 1. The van der Waals surface area contributed by atoms with Crippen molar-refractivity contribution in [3.05, 3.63) is 96.0 Å². The number of amidine groups is 1. The molecule has 2 aromatic carbocycles. The van der Waals surface area contributed by atoms with Crippen LogP contribution in [0.3, 0.4) is 0 Å². The van der Waals surface area contributed by atoms with E-state index < -0.39 is 5.83 Å². The average Bonchev–Trinajstić information content (AvgIpc) is 2.91. The van der Waals surface area contributed by atoms with Gasteiger partial charge in [-0.25, -0.2) is 4.39 Å². The summed E-state index contributed by atoms with van der Waals surface area (Å²) >= 11 is 0. The molecule has 1 N–H and O–H groups in total. The smallest absolute Gasteiger partial charge is 0.122 e. The molecule has 0 radical (unpaired) electrons. The fourth-order valence-corrected chi connectivity index (χ4v) is 5.19. The number of benzene rings is 2. The van der Waals surface area contributed by atoms with Gasteiger partial charge in [0, 0.05) is 46.5 Å². The quantitative estimate of drug-likeness (QED) is 0.235. The van der Waals surface area contributed by atoms with E-state index in [2.05, 4.69) is 82.1 Å². The number of nitrogens with one attached hydrogen (secondary N) is 1. The normalized spacial score (nSPS) is 16.2. The van der Waals surface area contributed by atoms with Gasteiger partial charge in [-0.15, -0.1) is 0 Å². The first-order valence-corrected chi connectivity index (χ1v) is 13.3. The van der Waals surface area contributed by atoms with Gasteiger partial charge in [0.2, 0.25) is 0 Å². The predicted octanol–water partition coefficient (Wildman–Crippen LogP) is 7.15. The van der Waals surface area contributed by atoms with Gasteiger partial charge >= 0.3 is 0 Å². The zero-order chi connectivity index (χ0) is 27.4. The number of hydrogen-bond acceptors (Lipinski definition) is 3. The third kappa shape index (κ3) is 7.42. The van der Waals surface area contributed by atoms with Crippen LogP contribution in [0.25, 0.3) is 11.1 Å². The van der Waals surface area contributed by atoms with Gasteiger partial charge in [0.15, 0.2) is 0 Å². The largest absolute Gasteiger partial charge is 0.375 e. The van der Waals surface area contributed by atoms with E-state index in [9.17, 15) is 4.39 Å². The molecule has 0 spiro atoms. The average molecular weight is 505 g/mol. The number of likely N-dealkylation sites (N-methyl/N-ethyl adjacent to an activating group) is 2. The molecule has 37 heavy (non-hydrogen) atoms. The summed E-state index contributed by atoms with van der Waals surface area (Å²) in [5, 5.41) is 3.31. The van der Waals surface area contributed by atoms with Crippen molar-refractivity contribution in [2.45, 2.75) is 52.6 Å². The number of aryl methyl sites for hydroxylation is 1. The second-order valence-corrected chi connectivity index (χ2v) is 9.22. The van der Waals surface area contributed by atoms with Crippen LogP contribution in [-0.4, -0.2) is 55.4 Å². The van der Waals surface area contributed by atoms with E-state index in [1.807, 2.05) is 54.1 Å². The molecule has 0 atom stereocenters. The summed E-state index contributed by atoms with van der Waals surface area (Å²) in [4.78, 5) is 9.24. The molecular formula is C32H45FN4. The molecule has 0 amide bonds. The molecule has 0 unspecified atom stereocenters. The molecule has 0 aromatic heterocycles. The van der Waals surface area contributed by atoms with E-state index in [1.165, 1.54) is 28.3 Å². The standard InChI is InChI=1S/C30H39FN4.C2H6/c1-7-11-27(20-24(3)31)34(6)30(29(32-4)33-5)16-18-35(19-17-30)22-25-13-10-14-26(21-25)28-15-9-8-12-23(28)2;1-2/h7-15,20-21H,3,16-19,22H2,1-2,4-6H3,(H,32,33);1-2H3/b11-7-,27-20+;. The lowest BCUT2D eigenvalue weighted by Crippen LogP contribution is -2.61. The highest BCUT2D eigenvalue weighted by Gasteiger charge is 2.43. The Labute approximate surface area is 224 Å². The molecule has 3 rings (SSSR count). The molecule has 1 heterocycles. The second-order valence-electron chi connectivity index (χ2n) is 9.22. The Balaban J connectivity index is 0.00000235. The van der Waals surface area contributed by atoms with Gasteiger partial charge in [0.05, 0.1) is 5.54 Å². The summed E-state index contributed by atoms with van der Waals surface area (Å²) in [5.41, 5.74) is 5.58. The van der Waals surface area contributed by atoms with Crippen LogP contribution in [-0.2, 0) is 6.54 Å². The van der Waals surface area contributed by atoms with Crippen molar-refractivity contribution in [2.24, 2.45) is 4.99 Å². The third-order valence-corrected chi connectivity index (χ3v) is 7.04. The number of hydrogen-bond donors (Lipinski definition) is 1. The van der Waals surface area contributed by atoms with Crippen LogP contribution < -0.4 is 5.32 Å². The molecule has 0 bridgehead atoms. The lowest BCUT2D eigenvalue weighted by molar-refractivity contribution is 0.107. The van der Waals surface area contributed by atoms with Gasteiger partial charge in [-0.05, 0) is 67.2 Å². The minimum atomic E-state index is -0.453. The SMILES string of the molecule is C=C(F)/C=C(\C=C/C)N(C)C1(C(=NC)NC)CCN(Cc2cccc(-c3ccccc3C)c2)CC1.CC. The van der Waals surface area contributed by atoms with Crippen molar-refractivity contribution in [3.63, 3.8) is 0 Å². The lowest BCUT2D eigenvalue weighted by Gasteiger charge is -2.49. The Bertz CT molecular complexity index is 1110. The summed E-state index contributed by atoms with van der Waals surface area (Å²) in [6.07, 6.45) is 7.11. The molecule has 0 aliphatic carbocycles. The Morgan fingerprint density at radius 2 is 1.84 bits per heavy atom. The zero-order valence-electron chi connectivity index (χ0n) is 23.8. The van der Waals surface area contributed by atoms with E-state index in [-0.39, 0.29) is 5.54 Å². The number of nitrogens with zero attached hydrogens (tertiary/aromatic N) is 3. The first-order chi connectivity index (χ1) is 17.8. The van der Waals surface area contributed by atoms with Crippen LogP contribution in [0.2, 0.25) is 0 Å². The van der Waals surface area contributed by atoms with Crippen molar-refractivity contribution >= 4 is 5.84 Å². The van der Waals surface area contributed by atoms with Crippen molar-refractivity contribution in [1.29, 1.82) is 0 Å². The Morgan fingerprint density at radius 1 is 1.16 bits per heavy atom. The molecule has 0 saturated carbocycles. The van der Waals surface area contributed by atoms with Crippen molar-refractivity contribution in [1.82, 2.24) is 15.1 Å². The second kappa shape index (κ2) is 14.5. The van der Waals surface area contributed by atoms with E-state index in [0.717, 1.165) is 44.0 Å². The van der Waals surface area contributed by atoms with Gasteiger partial charge in [-0.2, -0.15) is 0 Å².